The zero-order valence-electron chi connectivity index (χ0n) is 20.5. The van der Waals surface area contributed by atoms with E-state index in [4.69, 9.17) is 4.74 Å². The van der Waals surface area contributed by atoms with Gasteiger partial charge in [-0.2, -0.15) is 0 Å². The van der Waals surface area contributed by atoms with Crippen molar-refractivity contribution in [3.8, 4) is 5.75 Å². The Bertz CT molecular complexity index is 1100. The Morgan fingerprint density at radius 2 is 1.88 bits per heavy atom. The first-order chi connectivity index (χ1) is 16.0. The van der Waals surface area contributed by atoms with E-state index in [1.807, 2.05) is 39.8 Å². The molecule has 3 rings (SSSR count). The molecule has 0 aromatic heterocycles. The van der Waals surface area contributed by atoms with E-state index in [0.717, 1.165) is 5.56 Å². The highest BCUT2D eigenvalue weighted by molar-refractivity contribution is 7.92. The van der Waals surface area contributed by atoms with E-state index in [9.17, 15) is 18.3 Å². The maximum absolute atomic E-state index is 13.2. The summed E-state index contributed by atoms with van der Waals surface area (Å²) in [6, 6.07) is 11.3. The van der Waals surface area contributed by atoms with Gasteiger partial charge in [0.1, 0.15) is 11.9 Å². The van der Waals surface area contributed by atoms with Gasteiger partial charge in [-0.1, -0.05) is 24.6 Å². The minimum Gasteiger partial charge on any atom is -0.488 e. The van der Waals surface area contributed by atoms with Gasteiger partial charge in [-0.05, 0) is 58.3 Å². The number of carbonyl (C=O) groups excluding carboxylic acids is 1. The van der Waals surface area contributed by atoms with Crippen LogP contribution in [-0.2, 0) is 21.2 Å². The third-order valence-electron chi connectivity index (χ3n) is 6.05. The number of aliphatic hydroxyl groups excluding tert-OH is 1. The predicted octanol–water partition coefficient (Wildman–Crippen LogP) is 2.51. The molecule has 0 saturated carbocycles. The van der Waals surface area contributed by atoms with Crippen molar-refractivity contribution in [3.63, 3.8) is 0 Å². The first-order valence-electron chi connectivity index (χ1n) is 11.4. The van der Waals surface area contributed by atoms with E-state index >= 15 is 0 Å². The molecule has 2 aromatic carbocycles. The molecule has 8 nitrogen and oxygen atoms in total. The minimum atomic E-state index is -3.78. The summed E-state index contributed by atoms with van der Waals surface area (Å²) in [4.78, 5) is 17.1. The summed E-state index contributed by atoms with van der Waals surface area (Å²) in [5.41, 5.74) is 1.92. The lowest BCUT2D eigenvalue weighted by atomic mass is 10.0. The highest BCUT2D eigenvalue weighted by Crippen LogP contribution is 2.30. The van der Waals surface area contributed by atoms with E-state index in [1.54, 1.807) is 47.4 Å². The Morgan fingerprint density at radius 3 is 2.50 bits per heavy atom. The number of sulfonamides is 1. The summed E-state index contributed by atoms with van der Waals surface area (Å²) >= 11 is 0. The lowest BCUT2D eigenvalue weighted by Gasteiger charge is -2.33. The number of likely N-dealkylation sites (N-methyl/N-ethyl adjacent to an activating group) is 1. The lowest BCUT2D eigenvalue weighted by molar-refractivity contribution is -0.134. The molecule has 0 unspecified atom stereocenters. The average Bonchev–Trinajstić information content (AvgIpc) is 2.81. The first-order valence-corrected chi connectivity index (χ1v) is 12.9. The molecule has 0 fully saturated rings. The SMILES string of the molecule is Cc1ccc(S(=O)(=O)Nc2ccc3c(c2)CC(=O)N([C@@H](C)CO)C[C@H](C)[C@H](CN(C)C)O3)cc1. The van der Waals surface area contributed by atoms with Crippen LogP contribution in [0.3, 0.4) is 0 Å². The molecule has 1 amide bonds. The van der Waals surface area contributed by atoms with E-state index < -0.39 is 10.0 Å². The molecular weight excluding hydrogens is 454 g/mol. The molecular formula is C25H35N3O5S. The average molecular weight is 490 g/mol. The molecule has 0 spiro atoms. The number of rotatable bonds is 7. The number of ether oxygens (including phenoxy) is 1. The number of carbonyl (C=O) groups is 1. The standard InChI is InChI=1S/C25H35N3O5S/c1-17-6-9-22(10-7-17)34(31,32)26-21-8-11-23-20(12-21)13-25(30)28(19(3)16-29)14-18(2)24(33-23)15-27(4)5/h6-12,18-19,24,26,29H,13-16H2,1-5H3/t18-,19-,24-/m0/s1. The molecule has 1 aliphatic rings. The van der Waals surface area contributed by atoms with Gasteiger partial charge in [0.25, 0.3) is 10.0 Å². The Balaban J connectivity index is 1.97. The van der Waals surface area contributed by atoms with E-state index in [1.165, 1.54) is 0 Å². The number of aliphatic hydroxyl groups is 1. The number of hydrogen-bond acceptors (Lipinski definition) is 6. The van der Waals surface area contributed by atoms with Crippen LogP contribution in [0.25, 0.3) is 0 Å². The molecule has 34 heavy (non-hydrogen) atoms. The van der Waals surface area contributed by atoms with Crippen molar-refractivity contribution < 1.29 is 23.1 Å². The summed E-state index contributed by atoms with van der Waals surface area (Å²) in [5, 5.41) is 9.72. The van der Waals surface area contributed by atoms with Gasteiger partial charge in [0, 0.05) is 30.3 Å². The lowest BCUT2D eigenvalue weighted by Crippen LogP contribution is -2.47. The number of aryl methyl sites for hydroxylation is 1. The second-order valence-corrected chi connectivity index (χ2v) is 11.1. The molecule has 2 aromatic rings. The van der Waals surface area contributed by atoms with Crippen LogP contribution in [-0.4, -0.2) is 75.2 Å². The number of nitrogens with one attached hydrogen (secondary N) is 1. The van der Waals surface area contributed by atoms with Crippen molar-refractivity contribution in [3.05, 3.63) is 53.6 Å². The molecule has 0 bridgehead atoms. The van der Waals surface area contributed by atoms with Crippen LogP contribution < -0.4 is 9.46 Å². The summed E-state index contributed by atoms with van der Waals surface area (Å²) < 4.78 is 34.7. The van der Waals surface area contributed by atoms with Crippen LogP contribution in [0, 0.1) is 12.8 Å². The van der Waals surface area contributed by atoms with Crippen LogP contribution >= 0.6 is 0 Å². The highest BCUT2D eigenvalue weighted by Gasteiger charge is 2.31. The maximum atomic E-state index is 13.2. The summed E-state index contributed by atoms with van der Waals surface area (Å²) in [5.74, 6) is 0.442. The van der Waals surface area contributed by atoms with Gasteiger partial charge < -0.3 is 19.6 Å². The third-order valence-corrected chi connectivity index (χ3v) is 7.44. The smallest absolute Gasteiger partial charge is 0.261 e. The van der Waals surface area contributed by atoms with Gasteiger partial charge in [0.05, 0.1) is 24.0 Å². The number of nitrogens with zero attached hydrogens (tertiary/aromatic N) is 2. The second kappa shape index (κ2) is 10.8. The zero-order valence-corrected chi connectivity index (χ0v) is 21.3. The molecule has 2 N–H and O–H groups in total. The molecule has 186 valence electrons. The van der Waals surface area contributed by atoms with Crippen molar-refractivity contribution in [1.29, 1.82) is 0 Å². The van der Waals surface area contributed by atoms with Gasteiger partial charge in [0.2, 0.25) is 5.91 Å². The Morgan fingerprint density at radius 1 is 1.21 bits per heavy atom. The summed E-state index contributed by atoms with van der Waals surface area (Å²) in [6.45, 7) is 6.72. The number of hydrogen-bond donors (Lipinski definition) is 2. The Labute approximate surface area is 202 Å². The molecule has 0 saturated heterocycles. The number of benzene rings is 2. The second-order valence-electron chi connectivity index (χ2n) is 9.39. The number of amides is 1. The van der Waals surface area contributed by atoms with Gasteiger partial charge >= 0.3 is 0 Å². The predicted molar refractivity (Wildman–Crippen MR) is 133 cm³/mol. The molecule has 3 atom stereocenters. The Hall–Kier alpha value is -2.62. The topological polar surface area (TPSA) is 99.2 Å². The van der Waals surface area contributed by atoms with Gasteiger partial charge in [-0.15, -0.1) is 0 Å². The molecule has 1 heterocycles. The fourth-order valence-electron chi connectivity index (χ4n) is 4.00. The summed E-state index contributed by atoms with van der Waals surface area (Å²) in [7, 11) is 0.145. The fourth-order valence-corrected chi connectivity index (χ4v) is 5.05. The first kappa shape index (κ1) is 26.0. The van der Waals surface area contributed by atoms with E-state index in [-0.39, 0.29) is 41.9 Å². The number of anilines is 1. The van der Waals surface area contributed by atoms with Gasteiger partial charge in [-0.25, -0.2) is 8.42 Å². The third kappa shape index (κ3) is 6.28. The van der Waals surface area contributed by atoms with Crippen LogP contribution in [0.5, 0.6) is 5.75 Å². The molecule has 1 aliphatic heterocycles. The molecule has 0 aliphatic carbocycles. The van der Waals surface area contributed by atoms with Crippen LogP contribution in [0.2, 0.25) is 0 Å². The van der Waals surface area contributed by atoms with Crippen molar-refractivity contribution in [2.45, 2.75) is 44.2 Å². The minimum absolute atomic E-state index is 0.0195. The molecule has 9 heteroatoms. The van der Waals surface area contributed by atoms with Crippen molar-refractivity contribution in [2.75, 3.05) is 38.5 Å². The van der Waals surface area contributed by atoms with E-state index in [0.29, 0.717) is 30.1 Å². The summed E-state index contributed by atoms with van der Waals surface area (Å²) in [6.07, 6.45) is -0.149. The number of fused-ring (bicyclic) bond motifs is 1. The largest absolute Gasteiger partial charge is 0.488 e. The van der Waals surface area contributed by atoms with Crippen LogP contribution in [0.1, 0.15) is 25.0 Å². The van der Waals surface area contributed by atoms with Gasteiger partial charge in [-0.3, -0.25) is 9.52 Å². The van der Waals surface area contributed by atoms with Crippen LogP contribution in [0.15, 0.2) is 47.4 Å². The Kier molecular flexibility index (Phi) is 8.22. The van der Waals surface area contributed by atoms with Crippen molar-refractivity contribution in [2.24, 2.45) is 5.92 Å². The normalized spacial score (nSPS) is 20.1. The quantitative estimate of drug-likeness (QED) is 0.620. The molecule has 0 radical (unpaired) electrons. The van der Waals surface area contributed by atoms with E-state index in [2.05, 4.69) is 4.72 Å². The van der Waals surface area contributed by atoms with Crippen LogP contribution in [0.4, 0.5) is 5.69 Å². The van der Waals surface area contributed by atoms with Crippen molar-refractivity contribution >= 4 is 21.6 Å². The van der Waals surface area contributed by atoms with Crippen molar-refractivity contribution in [1.82, 2.24) is 9.80 Å². The van der Waals surface area contributed by atoms with Gasteiger partial charge in [0.15, 0.2) is 0 Å². The zero-order chi connectivity index (χ0) is 25.0. The maximum Gasteiger partial charge on any atom is 0.261 e. The monoisotopic (exact) mass is 489 g/mol. The highest BCUT2D eigenvalue weighted by atomic mass is 32.2. The fraction of sp³-hybridized carbons (Fsp3) is 0.480.